The molecule has 86 heavy (non-hydrogen) atoms. The highest BCUT2D eigenvalue weighted by atomic mass is 15.1. The van der Waals surface area contributed by atoms with Crippen LogP contribution in [0.5, 0.6) is 0 Å². The maximum Gasteiger partial charge on any atom is 0.0443 e. The van der Waals surface area contributed by atoms with Gasteiger partial charge in [-0.25, -0.2) is 0 Å². The number of unbranched alkanes of at least 4 members (excludes halogenated alkanes) is 1. The van der Waals surface area contributed by atoms with Crippen molar-refractivity contribution in [2.24, 2.45) is 0 Å². The molecular formula is C82H92N4. The predicted molar refractivity (Wildman–Crippen MR) is 381 cm³/mol. The lowest BCUT2D eigenvalue weighted by Crippen LogP contribution is -2.24. The molecule has 0 bridgehead atoms. The van der Waals surface area contributed by atoms with Crippen LogP contribution in [0.25, 0.3) is 41.5 Å². The Hall–Kier alpha value is -8.86. The Morgan fingerprint density at radius 2 is 0.953 bits per heavy atom. The SMILES string of the molecule is C/C=C/CCc1ccccc1NC.C=CC.C=CCC/C=C\C/C=C/c1ccc(NC)cc1.CCC1(CC)c2cc(/C=C/c3ccc(N4CCCc5ccccc54)cc3)ccc2-c2ccc(/C=C/c3ccc(N4CCCc5ccccc54)cc3)cc21. The van der Waals surface area contributed by atoms with E-state index in [9.17, 15) is 0 Å². The number of anilines is 6. The van der Waals surface area contributed by atoms with Crippen molar-refractivity contribution in [2.75, 3.05) is 47.6 Å². The van der Waals surface area contributed by atoms with E-state index in [1.807, 2.05) is 27.1 Å². The van der Waals surface area contributed by atoms with Crippen LogP contribution in [0.4, 0.5) is 34.1 Å². The number of hydrogen-bond donors (Lipinski definition) is 2. The van der Waals surface area contributed by atoms with Crippen LogP contribution in [0.1, 0.15) is 135 Å². The zero-order chi connectivity index (χ0) is 60.4. The number of fused-ring (bicyclic) bond motifs is 5. The lowest BCUT2D eigenvalue weighted by Gasteiger charge is -2.31. The van der Waals surface area contributed by atoms with E-state index in [2.05, 4.69) is 297 Å². The molecule has 0 unspecified atom stereocenters. The van der Waals surface area contributed by atoms with Crippen molar-refractivity contribution in [1.82, 2.24) is 0 Å². The molecule has 0 fully saturated rings. The summed E-state index contributed by atoms with van der Waals surface area (Å²) in [6.45, 7) is 17.9. The molecular weight excluding hydrogens is 1040 g/mol. The molecule has 0 spiro atoms. The monoisotopic (exact) mass is 1130 g/mol. The van der Waals surface area contributed by atoms with Crippen LogP contribution in [-0.4, -0.2) is 27.2 Å². The number of benzene rings is 8. The molecule has 0 saturated heterocycles. The number of allylic oxidation sites excluding steroid dienone is 7. The summed E-state index contributed by atoms with van der Waals surface area (Å²) in [5.41, 5.74) is 23.8. The van der Waals surface area contributed by atoms with Crippen molar-refractivity contribution in [1.29, 1.82) is 0 Å². The number of rotatable bonds is 19. The molecule has 0 saturated carbocycles. The molecule has 11 rings (SSSR count). The fourth-order valence-corrected chi connectivity index (χ4v) is 12.1. The first kappa shape index (κ1) is 63.2. The van der Waals surface area contributed by atoms with Crippen molar-refractivity contribution in [2.45, 2.75) is 104 Å². The van der Waals surface area contributed by atoms with Gasteiger partial charge in [0.05, 0.1) is 0 Å². The molecule has 8 aromatic rings. The highest BCUT2D eigenvalue weighted by Crippen LogP contribution is 2.53. The zero-order valence-corrected chi connectivity index (χ0v) is 52.2. The summed E-state index contributed by atoms with van der Waals surface area (Å²) in [4.78, 5) is 4.93. The van der Waals surface area contributed by atoms with Crippen LogP contribution in [0.15, 0.2) is 238 Å². The highest BCUT2D eigenvalue weighted by Gasteiger charge is 2.40. The van der Waals surface area contributed by atoms with Gasteiger partial charge in [-0.2, -0.15) is 0 Å². The molecule has 440 valence electrons. The fourth-order valence-electron chi connectivity index (χ4n) is 12.1. The number of aryl methyl sites for hydroxylation is 3. The van der Waals surface area contributed by atoms with Gasteiger partial charge in [-0.3, -0.25) is 0 Å². The molecule has 0 amide bonds. The Morgan fingerprint density at radius 1 is 0.477 bits per heavy atom. The van der Waals surface area contributed by atoms with Gasteiger partial charge in [0.25, 0.3) is 0 Å². The molecule has 3 aliphatic rings. The molecule has 2 N–H and O–H groups in total. The summed E-state index contributed by atoms with van der Waals surface area (Å²) in [6.07, 6.45) is 38.1. The van der Waals surface area contributed by atoms with Crippen LogP contribution in [-0.2, 0) is 24.7 Å². The first-order valence-electron chi connectivity index (χ1n) is 31.5. The standard InChI is InChI=1S/C51H48N2.C16H21N.C12H17N.C3H6/c1-3-51(4-2)47-35-39(19-17-37-21-27-43(28-22-37)52-33-9-13-41-11-5-7-15-49(41)52)25-31-45(47)46-32-26-40(36-48(46)51)20-18-38-23-29-44(30-24-38)53-34-10-14-42-12-6-8-16-50(42)53;1-3-4-5-6-7-8-9-10-15-11-13-16(17-2)14-12-15;1-3-4-5-8-11-9-6-7-10-12(11)13-2;1-3-2/h5-8,11-12,15-32,35-36H,3-4,9-10,13-14,33-34H2,1-2H3;3,6-7,9-14,17H,1,4-5,8H2,2H3;3-4,6-7,9-10,13H,5,8H2,1-2H3;3H,1H2,2H3/b19-17+,20-18+;7-6-,10-9+;4-3+;. The fraction of sp³-hybridized carbons (Fsp3) is 0.244. The summed E-state index contributed by atoms with van der Waals surface area (Å²) >= 11 is 0. The van der Waals surface area contributed by atoms with Gasteiger partial charge in [0.2, 0.25) is 0 Å². The first-order chi connectivity index (χ1) is 42.3. The van der Waals surface area contributed by atoms with Crippen LogP contribution in [0.3, 0.4) is 0 Å². The number of hydrogen-bond acceptors (Lipinski definition) is 4. The maximum atomic E-state index is 3.70. The van der Waals surface area contributed by atoms with Crippen molar-refractivity contribution in [3.63, 3.8) is 0 Å². The van der Waals surface area contributed by atoms with E-state index in [4.69, 9.17) is 0 Å². The van der Waals surface area contributed by atoms with E-state index in [0.29, 0.717) is 0 Å². The number of nitrogens with zero attached hydrogens (tertiary/aromatic N) is 2. The molecule has 1 aliphatic carbocycles. The predicted octanol–water partition coefficient (Wildman–Crippen LogP) is 22.4. The molecule has 4 heteroatoms. The molecule has 0 radical (unpaired) electrons. The first-order valence-corrected chi connectivity index (χ1v) is 31.5. The zero-order valence-electron chi connectivity index (χ0n) is 52.2. The van der Waals surface area contributed by atoms with Crippen molar-refractivity contribution in [3.05, 3.63) is 293 Å². The quantitative estimate of drug-likeness (QED) is 0.0480. The molecule has 0 atom stereocenters. The normalized spacial score (nSPS) is 13.7. The smallest absolute Gasteiger partial charge is 0.0443 e. The molecule has 2 heterocycles. The summed E-state index contributed by atoms with van der Waals surface area (Å²) in [5, 5.41) is 6.31. The minimum Gasteiger partial charge on any atom is -0.388 e. The Bertz CT molecular complexity index is 3400. The second-order valence-electron chi connectivity index (χ2n) is 22.3. The third-order valence-corrected chi connectivity index (χ3v) is 16.8. The lowest BCUT2D eigenvalue weighted by atomic mass is 9.73. The average molecular weight is 1130 g/mol. The minimum absolute atomic E-state index is 0.0110. The van der Waals surface area contributed by atoms with Crippen molar-refractivity contribution >= 4 is 64.5 Å². The maximum absolute atomic E-state index is 3.70. The van der Waals surface area contributed by atoms with Gasteiger partial charge >= 0.3 is 0 Å². The van der Waals surface area contributed by atoms with Gasteiger partial charge < -0.3 is 20.4 Å². The van der Waals surface area contributed by atoms with Gasteiger partial charge in [0.15, 0.2) is 0 Å². The van der Waals surface area contributed by atoms with Gasteiger partial charge in [0.1, 0.15) is 0 Å². The van der Waals surface area contributed by atoms with Crippen LogP contribution >= 0.6 is 0 Å². The van der Waals surface area contributed by atoms with Crippen molar-refractivity contribution < 1.29 is 0 Å². The largest absolute Gasteiger partial charge is 0.388 e. The Balaban J connectivity index is 0.000000237. The third kappa shape index (κ3) is 16.5. The second kappa shape index (κ2) is 33.0. The van der Waals surface area contributed by atoms with Gasteiger partial charge in [0, 0.05) is 66.7 Å². The molecule has 2 aliphatic heterocycles. The summed E-state index contributed by atoms with van der Waals surface area (Å²) in [6, 6.07) is 66.8. The van der Waals surface area contributed by atoms with Crippen LogP contribution in [0, 0.1) is 0 Å². The lowest BCUT2D eigenvalue weighted by molar-refractivity contribution is 0.490. The molecule has 8 aromatic carbocycles. The second-order valence-corrected chi connectivity index (χ2v) is 22.3. The summed E-state index contributed by atoms with van der Waals surface area (Å²) in [5.74, 6) is 0. The van der Waals surface area contributed by atoms with E-state index in [0.717, 1.165) is 63.7 Å². The average Bonchev–Trinajstić information content (AvgIpc) is 1.64. The topological polar surface area (TPSA) is 30.5 Å². The van der Waals surface area contributed by atoms with E-state index in [1.54, 1.807) is 6.08 Å². The Kier molecular flexibility index (Phi) is 24.2. The summed E-state index contributed by atoms with van der Waals surface area (Å²) in [7, 11) is 3.90. The van der Waals surface area contributed by atoms with Gasteiger partial charge in [-0.15, -0.1) is 13.2 Å². The van der Waals surface area contributed by atoms with Gasteiger partial charge in [-0.1, -0.05) is 214 Å². The van der Waals surface area contributed by atoms with Crippen LogP contribution < -0.4 is 20.4 Å². The van der Waals surface area contributed by atoms with Crippen molar-refractivity contribution in [3.8, 4) is 11.1 Å². The summed E-state index contributed by atoms with van der Waals surface area (Å²) < 4.78 is 0. The van der Waals surface area contributed by atoms with Gasteiger partial charge in [-0.05, 0) is 206 Å². The van der Waals surface area contributed by atoms with E-state index in [-0.39, 0.29) is 5.41 Å². The van der Waals surface area contributed by atoms with E-state index < -0.39 is 0 Å². The number of nitrogens with one attached hydrogen (secondary N) is 2. The van der Waals surface area contributed by atoms with E-state index >= 15 is 0 Å². The van der Waals surface area contributed by atoms with E-state index in [1.165, 1.54) is 121 Å². The number of para-hydroxylation sites is 3. The highest BCUT2D eigenvalue weighted by molar-refractivity contribution is 5.85. The Morgan fingerprint density at radius 3 is 1.45 bits per heavy atom. The third-order valence-electron chi connectivity index (χ3n) is 16.8. The molecule has 4 nitrogen and oxygen atoms in total. The Labute approximate surface area is 517 Å². The van der Waals surface area contributed by atoms with Crippen LogP contribution in [0.2, 0.25) is 0 Å². The molecule has 0 aromatic heterocycles. The minimum atomic E-state index is 0.0110.